The summed E-state index contributed by atoms with van der Waals surface area (Å²) < 4.78 is 5.52. The highest BCUT2D eigenvalue weighted by Gasteiger charge is 2.12. The highest BCUT2D eigenvalue weighted by atomic mass is 16.5. The molecule has 1 N–H and O–H groups in total. The molecule has 2 aromatic carbocycles. The molecule has 3 nitrogen and oxygen atoms in total. The van der Waals surface area contributed by atoms with Gasteiger partial charge in [-0.3, -0.25) is 4.79 Å². The first-order valence-electron chi connectivity index (χ1n) is 6.41. The van der Waals surface area contributed by atoms with Crippen LogP contribution in [0.3, 0.4) is 0 Å². The predicted octanol–water partition coefficient (Wildman–Crippen LogP) is 3.28. The van der Waals surface area contributed by atoms with Gasteiger partial charge >= 0.3 is 0 Å². The van der Waals surface area contributed by atoms with Gasteiger partial charge in [0.15, 0.2) is 0 Å². The zero-order valence-corrected chi connectivity index (χ0v) is 11.4. The van der Waals surface area contributed by atoms with Crippen molar-refractivity contribution in [1.82, 2.24) is 5.32 Å². The molecule has 0 aliphatic rings. The van der Waals surface area contributed by atoms with E-state index in [4.69, 9.17) is 4.74 Å². The molecule has 102 valence electrons. The number of hydrogen-bond acceptors (Lipinski definition) is 2. The molecule has 2 rings (SSSR count). The van der Waals surface area contributed by atoms with E-state index in [0.29, 0.717) is 17.9 Å². The fraction of sp³-hybridized carbons (Fsp3) is 0.118. The Labute approximate surface area is 118 Å². The molecule has 2 aromatic rings. The molecule has 3 heteroatoms. The minimum absolute atomic E-state index is 0.165. The van der Waals surface area contributed by atoms with Gasteiger partial charge in [-0.15, -0.1) is 0 Å². The summed E-state index contributed by atoms with van der Waals surface area (Å²) in [6.45, 7) is 3.98. The van der Waals surface area contributed by atoms with Crippen LogP contribution in [0.2, 0.25) is 0 Å². The molecule has 0 aromatic heterocycles. The molecule has 0 spiro atoms. The minimum atomic E-state index is -0.165. The fourth-order valence-corrected chi connectivity index (χ4v) is 1.93. The third-order valence-corrected chi connectivity index (χ3v) is 2.92. The van der Waals surface area contributed by atoms with E-state index >= 15 is 0 Å². The molecule has 0 bridgehead atoms. The lowest BCUT2D eigenvalue weighted by Crippen LogP contribution is -2.19. The van der Waals surface area contributed by atoms with Crippen LogP contribution in [0.25, 0.3) is 11.1 Å². The fourth-order valence-electron chi connectivity index (χ4n) is 1.93. The second kappa shape index (κ2) is 6.57. The Hall–Kier alpha value is -2.55. The van der Waals surface area contributed by atoms with Crippen molar-refractivity contribution in [3.05, 3.63) is 66.7 Å². The molecule has 0 unspecified atom stereocenters. The van der Waals surface area contributed by atoms with E-state index in [2.05, 4.69) is 11.9 Å². The standard InChI is InChI=1S/C17H17NO2/c1-3-11-20-16-10-9-14(12-15(16)17(19)18-2)13-7-5-4-6-8-13/h3-10,12H,1,11H2,2H3,(H,18,19). The lowest BCUT2D eigenvalue weighted by Gasteiger charge is -2.11. The van der Waals surface area contributed by atoms with Gasteiger partial charge in [0.2, 0.25) is 0 Å². The smallest absolute Gasteiger partial charge is 0.254 e. The number of ether oxygens (including phenoxy) is 1. The van der Waals surface area contributed by atoms with Crippen LogP contribution >= 0.6 is 0 Å². The molecule has 0 radical (unpaired) electrons. The Morgan fingerprint density at radius 1 is 1.20 bits per heavy atom. The van der Waals surface area contributed by atoms with Gasteiger partial charge in [-0.25, -0.2) is 0 Å². The predicted molar refractivity (Wildman–Crippen MR) is 81.0 cm³/mol. The largest absolute Gasteiger partial charge is 0.489 e. The van der Waals surface area contributed by atoms with Crippen molar-refractivity contribution in [2.24, 2.45) is 0 Å². The number of nitrogens with one attached hydrogen (secondary N) is 1. The van der Waals surface area contributed by atoms with E-state index in [1.165, 1.54) is 0 Å². The van der Waals surface area contributed by atoms with Gasteiger partial charge in [-0.2, -0.15) is 0 Å². The van der Waals surface area contributed by atoms with Gasteiger partial charge < -0.3 is 10.1 Å². The molecular weight excluding hydrogens is 250 g/mol. The molecule has 0 heterocycles. The van der Waals surface area contributed by atoms with Crippen molar-refractivity contribution in [2.45, 2.75) is 0 Å². The first-order valence-corrected chi connectivity index (χ1v) is 6.41. The van der Waals surface area contributed by atoms with Crippen molar-refractivity contribution in [3.8, 4) is 16.9 Å². The molecule has 1 amide bonds. The monoisotopic (exact) mass is 267 g/mol. The van der Waals surface area contributed by atoms with E-state index in [9.17, 15) is 4.79 Å². The minimum Gasteiger partial charge on any atom is -0.489 e. The van der Waals surface area contributed by atoms with Crippen LogP contribution in [0.5, 0.6) is 5.75 Å². The van der Waals surface area contributed by atoms with Gasteiger partial charge in [-0.05, 0) is 23.3 Å². The topological polar surface area (TPSA) is 38.3 Å². The van der Waals surface area contributed by atoms with Gasteiger partial charge in [-0.1, -0.05) is 49.1 Å². The maximum atomic E-state index is 12.0. The Bertz CT molecular complexity index is 606. The van der Waals surface area contributed by atoms with Crippen LogP contribution < -0.4 is 10.1 Å². The summed E-state index contributed by atoms with van der Waals surface area (Å²) in [4.78, 5) is 12.0. The molecule has 0 atom stereocenters. The highest BCUT2D eigenvalue weighted by molar-refractivity contribution is 5.98. The number of hydrogen-bond donors (Lipinski definition) is 1. The normalized spacial score (nSPS) is 9.85. The second-order valence-electron chi connectivity index (χ2n) is 4.26. The summed E-state index contributed by atoms with van der Waals surface area (Å²) in [5.74, 6) is 0.394. The zero-order chi connectivity index (χ0) is 14.4. The van der Waals surface area contributed by atoms with Crippen LogP contribution in [0.4, 0.5) is 0 Å². The molecular formula is C17H17NO2. The van der Waals surface area contributed by atoms with Crippen molar-refractivity contribution >= 4 is 5.91 Å². The third kappa shape index (κ3) is 3.06. The Kier molecular flexibility index (Phi) is 4.56. The quantitative estimate of drug-likeness (QED) is 0.844. The van der Waals surface area contributed by atoms with Gasteiger partial charge in [0.1, 0.15) is 12.4 Å². The van der Waals surface area contributed by atoms with Crippen molar-refractivity contribution in [3.63, 3.8) is 0 Å². The zero-order valence-electron chi connectivity index (χ0n) is 11.4. The summed E-state index contributed by atoms with van der Waals surface area (Å²) >= 11 is 0. The first kappa shape index (κ1) is 13.9. The van der Waals surface area contributed by atoms with E-state index in [0.717, 1.165) is 11.1 Å². The summed E-state index contributed by atoms with van der Waals surface area (Å²) in [6, 6.07) is 15.5. The first-order chi connectivity index (χ1) is 9.76. The summed E-state index contributed by atoms with van der Waals surface area (Å²) in [5, 5.41) is 2.63. The molecule has 0 fully saturated rings. The molecule has 0 saturated carbocycles. The Morgan fingerprint density at radius 2 is 1.95 bits per heavy atom. The van der Waals surface area contributed by atoms with Crippen LogP contribution in [-0.2, 0) is 0 Å². The maximum Gasteiger partial charge on any atom is 0.254 e. The van der Waals surface area contributed by atoms with Gasteiger partial charge in [0, 0.05) is 7.05 Å². The van der Waals surface area contributed by atoms with E-state index in [1.54, 1.807) is 13.1 Å². The molecule has 20 heavy (non-hydrogen) atoms. The Morgan fingerprint density at radius 3 is 2.60 bits per heavy atom. The van der Waals surface area contributed by atoms with Crippen molar-refractivity contribution < 1.29 is 9.53 Å². The third-order valence-electron chi connectivity index (χ3n) is 2.92. The van der Waals surface area contributed by atoms with Crippen molar-refractivity contribution in [1.29, 1.82) is 0 Å². The van der Waals surface area contributed by atoms with Gasteiger partial charge in [0.05, 0.1) is 5.56 Å². The van der Waals surface area contributed by atoms with Crippen molar-refractivity contribution in [2.75, 3.05) is 13.7 Å². The lowest BCUT2D eigenvalue weighted by atomic mass is 10.0. The number of rotatable bonds is 5. The molecule has 0 aliphatic heterocycles. The number of carbonyl (C=O) groups excluding carboxylic acids is 1. The average Bonchev–Trinajstić information content (AvgIpc) is 2.53. The summed E-state index contributed by atoms with van der Waals surface area (Å²) in [5.41, 5.74) is 2.57. The van der Waals surface area contributed by atoms with Gasteiger partial charge in [0.25, 0.3) is 5.91 Å². The van der Waals surface area contributed by atoms with Crippen LogP contribution in [0.15, 0.2) is 61.2 Å². The average molecular weight is 267 g/mol. The van der Waals surface area contributed by atoms with Crippen LogP contribution in [0.1, 0.15) is 10.4 Å². The molecule has 0 aliphatic carbocycles. The number of amides is 1. The summed E-state index contributed by atoms with van der Waals surface area (Å²) in [6.07, 6.45) is 1.65. The van der Waals surface area contributed by atoms with Crippen LogP contribution in [-0.4, -0.2) is 19.6 Å². The maximum absolute atomic E-state index is 12.0. The Balaban J connectivity index is 2.43. The van der Waals surface area contributed by atoms with E-state index in [1.807, 2.05) is 48.5 Å². The van der Waals surface area contributed by atoms with Crippen LogP contribution in [0, 0.1) is 0 Å². The number of carbonyl (C=O) groups is 1. The SMILES string of the molecule is C=CCOc1ccc(-c2ccccc2)cc1C(=O)NC. The second-order valence-corrected chi connectivity index (χ2v) is 4.26. The van der Waals surface area contributed by atoms with E-state index in [-0.39, 0.29) is 5.91 Å². The lowest BCUT2D eigenvalue weighted by molar-refractivity contribution is 0.0959. The summed E-state index contributed by atoms with van der Waals surface area (Å²) in [7, 11) is 1.61. The molecule has 0 saturated heterocycles. The highest BCUT2D eigenvalue weighted by Crippen LogP contribution is 2.26. The number of benzene rings is 2. The van der Waals surface area contributed by atoms with E-state index < -0.39 is 0 Å².